The number of hydrogen-bond acceptors (Lipinski definition) is 3. The van der Waals surface area contributed by atoms with Gasteiger partial charge >= 0.3 is 0 Å². The van der Waals surface area contributed by atoms with Crippen LogP contribution in [0.5, 0.6) is 0 Å². The number of rotatable bonds is 4. The first-order valence-corrected chi connectivity index (χ1v) is 7.74. The summed E-state index contributed by atoms with van der Waals surface area (Å²) in [4.78, 5) is 2.55. The molecule has 2 aliphatic rings. The molecular formula is C16H22N4O. The Morgan fingerprint density at radius 1 is 1.29 bits per heavy atom. The summed E-state index contributed by atoms with van der Waals surface area (Å²) in [6.45, 7) is 5.96. The summed E-state index contributed by atoms with van der Waals surface area (Å²) in [6.07, 6.45) is 5.41. The van der Waals surface area contributed by atoms with Crippen LogP contribution in [0, 0.1) is 5.92 Å². The topological polar surface area (TPSA) is 35.2 Å². The Hall–Kier alpha value is -1.59. The number of aryl methyl sites for hydroxylation is 1. The number of ether oxygens (including phenoxy) is 1. The molecule has 5 nitrogen and oxygen atoms in total. The Kier molecular flexibility index (Phi) is 3.31. The third kappa shape index (κ3) is 2.51. The van der Waals surface area contributed by atoms with E-state index in [0.29, 0.717) is 5.92 Å². The van der Waals surface area contributed by atoms with Crippen LogP contribution in [0.15, 0.2) is 24.5 Å². The molecule has 2 aromatic rings. The van der Waals surface area contributed by atoms with E-state index in [2.05, 4.69) is 45.7 Å². The van der Waals surface area contributed by atoms with E-state index >= 15 is 0 Å². The summed E-state index contributed by atoms with van der Waals surface area (Å²) in [5.41, 5.74) is 4.04. The molecule has 112 valence electrons. The maximum absolute atomic E-state index is 5.50. The maximum atomic E-state index is 5.50. The van der Waals surface area contributed by atoms with Crippen molar-refractivity contribution >= 4 is 0 Å². The van der Waals surface area contributed by atoms with Crippen LogP contribution in [0.25, 0.3) is 0 Å². The molecule has 1 unspecified atom stereocenters. The maximum Gasteiger partial charge on any atom is 0.0869 e. The van der Waals surface area contributed by atoms with Crippen LogP contribution in [-0.2, 0) is 31.4 Å². The van der Waals surface area contributed by atoms with Crippen molar-refractivity contribution in [1.29, 1.82) is 0 Å². The second-order valence-electron chi connectivity index (χ2n) is 6.25. The average molecular weight is 286 g/mol. The standard InChI is InChI=1S/C16H22N4O/c1-18-16-11-20(8-13-4-7-21-12-13)9-14(16)15(17-18)10-19-5-2-3-6-19/h2-3,5-6,13H,4,7-12H2,1H3. The third-order valence-corrected chi connectivity index (χ3v) is 4.65. The van der Waals surface area contributed by atoms with E-state index in [0.717, 1.165) is 39.4 Å². The molecule has 2 aromatic heterocycles. The van der Waals surface area contributed by atoms with E-state index in [1.807, 2.05) is 0 Å². The first-order valence-electron chi connectivity index (χ1n) is 7.74. The van der Waals surface area contributed by atoms with Gasteiger partial charge in [-0.2, -0.15) is 5.10 Å². The molecule has 0 bridgehead atoms. The minimum atomic E-state index is 0.708. The Bertz CT molecular complexity index is 611. The summed E-state index contributed by atoms with van der Waals surface area (Å²) in [5, 5.41) is 4.72. The highest BCUT2D eigenvalue weighted by Gasteiger charge is 2.29. The van der Waals surface area contributed by atoms with Gasteiger partial charge in [-0.1, -0.05) is 0 Å². The molecule has 0 aliphatic carbocycles. The average Bonchev–Trinajstić information content (AvgIpc) is 3.20. The van der Waals surface area contributed by atoms with Gasteiger partial charge < -0.3 is 9.30 Å². The van der Waals surface area contributed by atoms with Gasteiger partial charge in [0.05, 0.1) is 24.5 Å². The SMILES string of the molecule is Cn1nc(Cn2cccc2)c2c1CN(CC1CCOC1)C2. The molecule has 1 fully saturated rings. The number of aromatic nitrogens is 3. The van der Waals surface area contributed by atoms with Crippen LogP contribution < -0.4 is 0 Å². The zero-order valence-electron chi connectivity index (χ0n) is 12.5. The van der Waals surface area contributed by atoms with Crippen molar-refractivity contribution in [3.05, 3.63) is 41.5 Å². The first-order chi connectivity index (χ1) is 10.3. The van der Waals surface area contributed by atoms with Crippen LogP contribution in [-0.4, -0.2) is 39.0 Å². The zero-order chi connectivity index (χ0) is 14.2. The Balaban J connectivity index is 1.49. The molecule has 0 saturated carbocycles. The van der Waals surface area contributed by atoms with Crippen molar-refractivity contribution in [3.63, 3.8) is 0 Å². The van der Waals surface area contributed by atoms with E-state index in [-0.39, 0.29) is 0 Å². The first kappa shape index (κ1) is 13.1. The lowest BCUT2D eigenvalue weighted by molar-refractivity contribution is 0.166. The van der Waals surface area contributed by atoms with Crippen molar-refractivity contribution in [1.82, 2.24) is 19.2 Å². The highest BCUT2D eigenvalue weighted by molar-refractivity contribution is 5.30. The molecule has 0 radical (unpaired) electrons. The molecule has 0 aromatic carbocycles. The van der Waals surface area contributed by atoms with Crippen LogP contribution >= 0.6 is 0 Å². The smallest absolute Gasteiger partial charge is 0.0869 e. The lowest BCUT2D eigenvalue weighted by atomic mass is 10.1. The van der Waals surface area contributed by atoms with Crippen LogP contribution in [0.4, 0.5) is 0 Å². The van der Waals surface area contributed by atoms with Crippen LogP contribution in [0.1, 0.15) is 23.4 Å². The summed E-state index contributed by atoms with van der Waals surface area (Å²) < 4.78 is 9.76. The van der Waals surface area contributed by atoms with Gasteiger partial charge in [0.1, 0.15) is 0 Å². The van der Waals surface area contributed by atoms with Crippen LogP contribution in [0.3, 0.4) is 0 Å². The molecule has 1 saturated heterocycles. The Labute approximate surface area is 125 Å². The van der Waals surface area contributed by atoms with E-state index in [9.17, 15) is 0 Å². The van der Waals surface area contributed by atoms with Crippen molar-refractivity contribution in [2.24, 2.45) is 13.0 Å². The monoisotopic (exact) mass is 286 g/mol. The van der Waals surface area contributed by atoms with Gasteiger partial charge in [0.2, 0.25) is 0 Å². The second-order valence-corrected chi connectivity index (χ2v) is 6.25. The van der Waals surface area contributed by atoms with Gasteiger partial charge in [-0.3, -0.25) is 9.58 Å². The lowest BCUT2D eigenvalue weighted by Crippen LogP contribution is -2.25. The molecule has 21 heavy (non-hydrogen) atoms. The van der Waals surface area contributed by atoms with Gasteiger partial charge in [0.15, 0.2) is 0 Å². The summed E-state index contributed by atoms with van der Waals surface area (Å²) in [7, 11) is 2.07. The van der Waals surface area contributed by atoms with Crippen molar-refractivity contribution in [2.75, 3.05) is 19.8 Å². The van der Waals surface area contributed by atoms with Gasteiger partial charge in [-0.05, 0) is 24.5 Å². The molecule has 2 aliphatic heterocycles. The minimum absolute atomic E-state index is 0.708. The van der Waals surface area contributed by atoms with Crippen molar-refractivity contribution in [3.8, 4) is 0 Å². The molecule has 4 heterocycles. The quantitative estimate of drug-likeness (QED) is 0.857. The number of nitrogens with zero attached hydrogens (tertiary/aromatic N) is 4. The highest BCUT2D eigenvalue weighted by atomic mass is 16.5. The number of fused-ring (bicyclic) bond motifs is 1. The van der Waals surface area contributed by atoms with E-state index < -0.39 is 0 Å². The molecule has 0 N–H and O–H groups in total. The van der Waals surface area contributed by atoms with E-state index in [1.54, 1.807) is 0 Å². The van der Waals surface area contributed by atoms with Gasteiger partial charge in [0, 0.05) is 51.2 Å². The molecule has 1 atom stereocenters. The van der Waals surface area contributed by atoms with Gasteiger partial charge in [-0.25, -0.2) is 0 Å². The summed E-state index contributed by atoms with van der Waals surface area (Å²) >= 11 is 0. The van der Waals surface area contributed by atoms with E-state index in [4.69, 9.17) is 9.84 Å². The number of hydrogen-bond donors (Lipinski definition) is 0. The van der Waals surface area contributed by atoms with Gasteiger partial charge in [0.25, 0.3) is 0 Å². The predicted octanol–water partition coefficient (Wildman–Crippen LogP) is 1.62. The second kappa shape index (κ2) is 5.31. The van der Waals surface area contributed by atoms with E-state index in [1.165, 1.54) is 23.4 Å². The molecule has 5 heteroatoms. The lowest BCUT2D eigenvalue weighted by Gasteiger charge is -2.19. The summed E-state index contributed by atoms with van der Waals surface area (Å²) in [5.74, 6) is 0.708. The largest absolute Gasteiger partial charge is 0.381 e. The van der Waals surface area contributed by atoms with Crippen molar-refractivity contribution in [2.45, 2.75) is 26.1 Å². The zero-order valence-corrected chi connectivity index (χ0v) is 12.5. The third-order valence-electron chi connectivity index (χ3n) is 4.65. The normalized spacial score (nSPS) is 22.0. The fourth-order valence-corrected chi connectivity index (χ4v) is 3.53. The summed E-state index contributed by atoms with van der Waals surface area (Å²) in [6, 6.07) is 4.13. The van der Waals surface area contributed by atoms with Crippen molar-refractivity contribution < 1.29 is 4.74 Å². The molecular weight excluding hydrogens is 264 g/mol. The highest BCUT2D eigenvalue weighted by Crippen LogP contribution is 2.28. The minimum Gasteiger partial charge on any atom is -0.381 e. The Morgan fingerprint density at radius 2 is 2.14 bits per heavy atom. The predicted molar refractivity (Wildman–Crippen MR) is 79.8 cm³/mol. The Morgan fingerprint density at radius 3 is 2.90 bits per heavy atom. The van der Waals surface area contributed by atoms with Crippen LogP contribution in [0.2, 0.25) is 0 Å². The fraction of sp³-hybridized carbons (Fsp3) is 0.562. The molecule has 4 rings (SSSR count). The molecule has 0 amide bonds. The molecule has 0 spiro atoms. The van der Waals surface area contributed by atoms with Gasteiger partial charge in [-0.15, -0.1) is 0 Å². The fourth-order valence-electron chi connectivity index (χ4n) is 3.53.